The van der Waals surface area contributed by atoms with Gasteiger partial charge in [0.1, 0.15) is 0 Å². The Hall–Kier alpha value is -0.610. The van der Waals surface area contributed by atoms with Crippen LogP contribution in [-0.2, 0) is 6.54 Å². The maximum absolute atomic E-state index is 3.31. The Labute approximate surface area is 131 Å². The lowest BCUT2D eigenvalue weighted by molar-refractivity contribution is 0.177. The minimum absolute atomic E-state index is 0. The van der Waals surface area contributed by atoms with E-state index >= 15 is 0 Å². The van der Waals surface area contributed by atoms with Gasteiger partial charge < -0.3 is 5.32 Å². The van der Waals surface area contributed by atoms with Crippen LogP contribution in [-0.4, -0.2) is 31.6 Å². The van der Waals surface area contributed by atoms with Gasteiger partial charge in [-0.05, 0) is 67.8 Å². The first-order valence-corrected chi connectivity index (χ1v) is 8.07. The van der Waals surface area contributed by atoms with E-state index in [1.54, 1.807) is 0 Å². The van der Waals surface area contributed by atoms with E-state index in [4.69, 9.17) is 0 Å². The number of piperidine rings is 1. The average Bonchev–Trinajstić information content (AvgIpc) is 2.85. The van der Waals surface area contributed by atoms with E-state index < -0.39 is 0 Å². The van der Waals surface area contributed by atoms with Crippen LogP contribution >= 0.6 is 23.7 Å². The molecule has 20 heavy (non-hydrogen) atoms. The van der Waals surface area contributed by atoms with Gasteiger partial charge in [0.2, 0.25) is 0 Å². The number of benzene rings is 1. The molecule has 1 saturated heterocycles. The molecule has 4 heteroatoms. The number of hydrogen-bond acceptors (Lipinski definition) is 3. The van der Waals surface area contributed by atoms with Crippen molar-refractivity contribution >= 4 is 33.8 Å². The topological polar surface area (TPSA) is 15.3 Å². The van der Waals surface area contributed by atoms with E-state index in [0.29, 0.717) is 0 Å². The van der Waals surface area contributed by atoms with Crippen LogP contribution in [0.3, 0.4) is 0 Å². The summed E-state index contributed by atoms with van der Waals surface area (Å²) in [5.74, 6) is 0.875. The van der Waals surface area contributed by atoms with Gasteiger partial charge >= 0.3 is 0 Å². The quantitative estimate of drug-likeness (QED) is 0.925. The van der Waals surface area contributed by atoms with Gasteiger partial charge in [0.05, 0.1) is 0 Å². The van der Waals surface area contributed by atoms with Crippen LogP contribution in [0.15, 0.2) is 29.6 Å². The van der Waals surface area contributed by atoms with Crippen molar-refractivity contribution in [3.05, 3.63) is 35.2 Å². The molecule has 1 aliphatic heterocycles. The monoisotopic (exact) mass is 310 g/mol. The molecule has 1 aliphatic rings. The van der Waals surface area contributed by atoms with Crippen LogP contribution in [0.5, 0.6) is 0 Å². The highest BCUT2D eigenvalue weighted by molar-refractivity contribution is 7.17. The third-order valence-corrected chi connectivity index (χ3v) is 5.17. The van der Waals surface area contributed by atoms with Crippen LogP contribution in [0.25, 0.3) is 10.1 Å². The number of hydrogen-bond donors (Lipinski definition) is 1. The average molecular weight is 311 g/mol. The second-order valence-corrected chi connectivity index (χ2v) is 6.45. The standard InChI is InChI=1S/C16H22N2S.ClH/c1-17-10-13-6-8-18(9-7-13)11-14-12-19-16-5-3-2-4-15(14)16;/h2-5,12-13,17H,6-11H2,1H3;1H. The van der Waals surface area contributed by atoms with Gasteiger partial charge in [-0.15, -0.1) is 23.7 Å². The molecule has 0 saturated carbocycles. The number of rotatable bonds is 4. The molecule has 2 aromatic rings. The minimum atomic E-state index is 0. The van der Waals surface area contributed by atoms with Gasteiger partial charge in [-0.25, -0.2) is 0 Å². The number of likely N-dealkylation sites (tertiary alicyclic amines) is 1. The minimum Gasteiger partial charge on any atom is -0.319 e. The summed E-state index contributed by atoms with van der Waals surface area (Å²) in [5.41, 5.74) is 1.51. The highest BCUT2D eigenvalue weighted by atomic mass is 35.5. The van der Waals surface area contributed by atoms with E-state index in [1.165, 1.54) is 48.1 Å². The predicted molar refractivity (Wildman–Crippen MR) is 91.0 cm³/mol. The van der Waals surface area contributed by atoms with Crippen molar-refractivity contribution in [2.24, 2.45) is 5.92 Å². The maximum atomic E-state index is 3.31. The fraction of sp³-hybridized carbons (Fsp3) is 0.500. The second kappa shape index (κ2) is 7.41. The number of nitrogens with zero attached hydrogens (tertiary/aromatic N) is 1. The lowest BCUT2D eigenvalue weighted by atomic mass is 9.96. The highest BCUT2D eigenvalue weighted by Crippen LogP contribution is 2.28. The summed E-state index contributed by atoms with van der Waals surface area (Å²) >= 11 is 1.87. The Kier molecular flexibility index (Phi) is 5.85. The Morgan fingerprint density at radius 1 is 1.25 bits per heavy atom. The Bertz CT molecular complexity index is 532. The molecule has 0 bridgehead atoms. The van der Waals surface area contributed by atoms with Crippen LogP contribution in [0.1, 0.15) is 18.4 Å². The second-order valence-electron chi connectivity index (χ2n) is 5.53. The molecular formula is C16H23ClN2S. The molecule has 0 spiro atoms. The van der Waals surface area contributed by atoms with E-state index in [0.717, 1.165) is 12.5 Å². The van der Waals surface area contributed by atoms with Crippen molar-refractivity contribution in [1.29, 1.82) is 0 Å². The normalized spacial score (nSPS) is 17.2. The molecule has 0 radical (unpaired) electrons. The Morgan fingerprint density at radius 2 is 2.00 bits per heavy atom. The molecule has 1 aromatic carbocycles. The SMILES string of the molecule is CNCC1CCN(Cc2csc3ccccc23)CC1.Cl. The number of thiophene rings is 1. The van der Waals surface area contributed by atoms with Gasteiger partial charge in [0.15, 0.2) is 0 Å². The van der Waals surface area contributed by atoms with E-state index in [-0.39, 0.29) is 12.4 Å². The Balaban J connectivity index is 0.00000147. The first kappa shape index (κ1) is 15.8. The smallest absolute Gasteiger partial charge is 0.0346 e. The molecule has 0 amide bonds. The summed E-state index contributed by atoms with van der Waals surface area (Å²) in [6.07, 6.45) is 2.67. The van der Waals surface area contributed by atoms with Gasteiger partial charge in [-0.1, -0.05) is 18.2 Å². The molecule has 1 N–H and O–H groups in total. The van der Waals surface area contributed by atoms with Crippen molar-refractivity contribution in [3.63, 3.8) is 0 Å². The van der Waals surface area contributed by atoms with E-state index in [9.17, 15) is 0 Å². The molecule has 1 fully saturated rings. The van der Waals surface area contributed by atoms with Crippen molar-refractivity contribution in [2.75, 3.05) is 26.7 Å². The first-order valence-electron chi connectivity index (χ1n) is 7.19. The first-order chi connectivity index (χ1) is 9.36. The zero-order valence-electron chi connectivity index (χ0n) is 12.0. The summed E-state index contributed by atoms with van der Waals surface area (Å²) in [6.45, 7) is 4.79. The van der Waals surface area contributed by atoms with Gasteiger partial charge in [-0.3, -0.25) is 4.90 Å². The van der Waals surface area contributed by atoms with Gasteiger partial charge in [0, 0.05) is 11.2 Å². The zero-order valence-corrected chi connectivity index (χ0v) is 13.6. The van der Waals surface area contributed by atoms with Crippen LogP contribution in [0.2, 0.25) is 0 Å². The summed E-state index contributed by atoms with van der Waals surface area (Å²) in [6, 6.07) is 8.77. The molecule has 0 aliphatic carbocycles. The summed E-state index contributed by atoms with van der Waals surface area (Å²) in [7, 11) is 2.06. The molecular weight excluding hydrogens is 288 g/mol. The molecule has 1 aromatic heterocycles. The van der Waals surface area contributed by atoms with Crippen LogP contribution < -0.4 is 5.32 Å². The van der Waals surface area contributed by atoms with E-state index in [2.05, 4.69) is 46.9 Å². The Morgan fingerprint density at radius 3 is 2.75 bits per heavy atom. The molecule has 0 unspecified atom stereocenters. The van der Waals surface area contributed by atoms with Gasteiger partial charge in [-0.2, -0.15) is 0 Å². The fourth-order valence-electron chi connectivity index (χ4n) is 3.03. The summed E-state index contributed by atoms with van der Waals surface area (Å²) in [4.78, 5) is 2.61. The molecule has 110 valence electrons. The number of nitrogens with one attached hydrogen (secondary N) is 1. The summed E-state index contributed by atoms with van der Waals surface area (Å²) < 4.78 is 1.42. The molecule has 2 heterocycles. The van der Waals surface area contributed by atoms with Crippen molar-refractivity contribution in [3.8, 4) is 0 Å². The lowest BCUT2D eigenvalue weighted by Crippen LogP contribution is -2.36. The highest BCUT2D eigenvalue weighted by Gasteiger charge is 2.19. The van der Waals surface area contributed by atoms with Gasteiger partial charge in [0.25, 0.3) is 0 Å². The van der Waals surface area contributed by atoms with Crippen molar-refractivity contribution in [2.45, 2.75) is 19.4 Å². The predicted octanol–water partition coefficient (Wildman–Crippen LogP) is 3.75. The van der Waals surface area contributed by atoms with Crippen LogP contribution in [0.4, 0.5) is 0 Å². The molecule has 3 rings (SSSR count). The molecule has 2 nitrogen and oxygen atoms in total. The third kappa shape index (κ3) is 3.53. The van der Waals surface area contributed by atoms with E-state index in [1.807, 2.05) is 11.3 Å². The summed E-state index contributed by atoms with van der Waals surface area (Å²) in [5, 5.41) is 7.09. The third-order valence-electron chi connectivity index (χ3n) is 4.16. The number of halogens is 1. The largest absolute Gasteiger partial charge is 0.319 e. The van der Waals surface area contributed by atoms with Crippen LogP contribution in [0, 0.1) is 5.92 Å². The lowest BCUT2D eigenvalue weighted by Gasteiger charge is -2.31. The maximum Gasteiger partial charge on any atom is 0.0346 e. The van der Waals surface area contributed by atoms with Crippen molar-refractivity contribution in [1.82, 2.24) is 10.2 Å². The molecule has 0 atom stereocenters. The fourth-order valence-corrected chi connectivity index (χ4v) is 3.99. The van der Waals surface area contributed by atoms with Crippen molar-refractivity contribution < 1.29 is 0 Å². The number of fused-ring (bicyclic) bond motifs is 1. The zero-order chi connectivity index (χ0) is 13.1.